The van der Waals surface area contributed by atoms with Crippen LogP contribution < -0.4 is 15.9 Å². The summed E-state index contributed by atoms with van der Waals surface area (Å²) in [5, 5.41) is 5.08. The van der Waals surface area contributed by atoms with Gasteiger partial charge in [-0.15, -0.1) is 0 Å². The molecule has 0 radical (unpaired) electrons. The average molecular weight is 681 g/mol. The summed E-state index contributed by atoms with van der Waals surface area (Å²) >= 11 is 0. The molecule has 0 fully saturated rings. The van der Waals surface area contributed by atoms with Crippen LogP contribution >= 0.6 is 7.14 Å². The van der Waals surface area contributed by atoms with Gasteiger partial charge in [0.2, 0.25) is 0 Å². The second kappa shape index (κ2) is 12.5. The third-order valence-electron chi connectivity index (χ3n) is 10.6. The number of fused-ring (bicyclic) bond motifs is 2. The Balaban J connectivity index is 1.84. The van der Waals surface area contributed by atoms with Crippen molar-refractivity contribution in [3.8, 4) is 0 Å². The van der Waals surface area contributed by atoms with Gasteiger partial charge in [-0.1, -0.05) is 156 Å². The van der Waals surface area contributed by atoms with Gasteiger partial charge in [0.05, 0.1) is 0 Å². The monoisotopic (exact) mass is 680 g/mol. The molecule has 0 atom stereocenters. The van der Waals surface area contributed by atoms with Crippen molar-refractivity contribution in [3.63, 3.8) is 0 Å². The Labute approximate surface area is 302 Å². The van der Waals surface area contributed by atoms with Gasteiger partial charge in [0.25, 0.3) is 0 Å². The maximum absolute atomic E-state index is 17.3. The van der Waals surface area contributed by atoms with Crippen LogP contribution in [0.1, 0.15) is 128 Å². The molecule has 0 saturated heterocycles. The van der Waals surface area contributed by atoms with Gasteiger partial charge in [-0.2, -0.15) is 0 Å². The number of hydrogen-bond acceptors (Lipinski definition) is 1. The molecule has 1 aliphatic rings. The van der Waals surface area contributed by atoms with Gasteiger partial charge in [0, 0.05) is 21.5 Å². The van der Waals surface area contributed by atoms with Crippen molar-refractivity contribution in [2.24, 2.45) is 0 Å². The first kappa shape index (κ1) is 36.1. The molecule has 0 unspecified atom stereocenters. The lowest BCUT2D eigenvalue weighted by Gasteiger charge is -2.32. The maximum Gasteiger partial charge on any atom is 0.171 e. The fourth-order valence-electron chi connectivity index (χ4n) is 7.27. The van der Waals surface area contributed by atoms with Crippen molar-refractivity contribution >= 4 is 39.4 Å². The number of aryl methyl sites for hydroxylation is 1. The Morgan fingerprint density at radius 2 is 0.980 bits per heavy atom. The minimum atomic E-state index is -3.52. The first-order valence-corrected chi connectivity index (χ1v) is 20.1. The molecule has 0 spiro atoms. The molecule has 0 aromatic heterocycles. The molecule has 1 nitrogen and oxygen atoms in total. The van der Waals surface area contributed by atoms with E-state index in [9.17, 15) is 0 Å². The Morgan fingerprint density at radius 3 is 1.48 bits per heavy atom. The molecular formula is C48H57OP. The van der Waals surface area contributed by atoms with Gasteiger partial charge in [-0.05, 0) is 115 Å². The lowest BCUT2D eigenvalue weighted by Crippen LogP contribution is -2.32. The van der Waals surface area contributed by atoms with Crippen LogP contribution in [-0.4, -0.2) is 0 Å². The molecule has 0 saturated carbocycles. The van der Waals surface area contributed by atoms with Crippen molar-refractivity contribution in [1.82, 2.24) is 0 Å². The second-order valence-corrected chi connectivity index (χ2v) is 21.4. The Hall–Kier alpha value is -3.67. The van der Waals surface area contributed by atoms with Gasteiger partial charge in [0.15, 0.2) is 7.14 Å². The zero-order valence-electron chi connectivity index (χ0n) is 32.6. The number of allylic oxidation sites excluding steroid dienone is 1. The molecule has 0 amide bonds. The van der Waals surface area contributed by atoms with Gasteiger partial charge in [0.1, 0.15) is 0 Å². The summed E-state index contributed by atoms with van der Waals surface area (Å²) in [7, 11) is -3.52. The third-order valence-corrected chi connectivity index (χ3v) is 13.6. The minimum Gasteiger partial charge on any atom is -0.309 e. The van der Waals surface area contributed by atoms with Crippen LogP contribution in [0, 0.1) is 0 Å². The molecule has 0 aliphatic heterocycles. The van der Waals surface area contributed by atoms with E-state index in [0.717, 1.165) is 39.7 Å². The van der Waals surface area contributed by atoms with Crippen LogP contribution in [0.3, 0.4) is 0 Å². The van der Waals surface area contributed by atoms with E-state index in [1.165, 1.54) is 44.3 Å². The third kappa shape index (κ3) is 6.72. The van der Waals surface area contributed by atoms with Crippen molar-refractivity contribution < 1.29 is 4.57 Å². The van der Waals surface area contributed by atoms with Crippen molar-refractivity contribution in [3.05, 3.63) is 142 Å². The summed E-state index contributed by atoms with van der Waals surface area (Å²) in [6.45, 7) is 27.2. The lowest BCUT2D eigenvalue weighted by molar-refractivity contribution is 0.568. The fraction of sp³-hybridized carbons (Fsp3) is 0.375. The van der Waals surface area contributed by atoms with Crippen LogP contribution in [0.25, 0.3) is 16.3 Å². The van der Waals surface area contributed by atoms with Crippen molar-refractivity contribution in [1.29, 1.82) is 0 Å². The first-order valence-electron chi connectivity index (χ1n) is 18.4. The highest BCUT2D eigenvalue weighted by molar-refractivity contribution is 7.85. The predicted octanol–water partition coefficient (Wildman–Crippen LogP) is 12.0. The largest absolute Gasteiger partial charge is 0.309 e. The maximum atomic E-state index is 17.3. The van der Waals surface area contributed by atoms with Crippen LogP contribution in [-0.2, 0) is 32.6 Å². The molecule has 2 heteroatoms. The summed E-state index contributed by atoms with van der Waals surface area (Å²) < 4.78 is 17.3. The molecule has 6 rings (SSSR count). The number of hydrogen-bond donors (Lipinski definition) is 0. The molecule has 1 aliphatic carbocycles. The second-order valence-electron chi connectivity index (χ2n) is 18.6. The Kier molecular flexibility index (Phi) is 9.05. The number of rotatable bonds is 4. The zero-order chi connectivity index (χ0) is 36.4. The molecule has 0 bridgehead atoms. The summed E-state index contributed by atoms with van der Waals surface area (Å²) in [4.78, 5) is 0. The van der Waals surface area contributed by atoms with Crippen LogP contribution in [0.5, 0.6) is 0 Å². The minimum absolute atomic E-state index is 0.123. The predicted molar refractivity (Wildman–Crippen MR) is 220 cm³/mol. The first-order chi connectivity index (χ1) is 23.2. The van der Waals surface area contributed by atoms with E-state index in [4.69, 9.17) is 0 Å². The van der Waals surface area contributed by atoms with E-state index < -0.39 is 7.14 Å². The molecule has 5 aromatic carbocycles. The summed E-state index contributed by atoms with van der Waals surface area (Å²) in [6.07, 6.45) is 4.37. The highest BCUT2D eigenvalue weighted by atomic mass is 31.2. The van der Waals surface area contributed by atoms with E-state index in [-0.39, 0.29) is 21.7 Å². The highest BCUT2D eigenvalue weighted by Crippen LogP contribution is 2.50. The summed E-state index contributed by atoms with van der Waals surface area (Å²) in [6, 6.07) is 35.7. The Bertz CT molecular complexity index is 2020. The van der Waals surface area contributed by atoms with Gasteiger partial charge in [-0.25, -0.2) is 0 Å². The van der Waals surface area contributed by atoms with Gasteiger partial charge < -0.3 is 4.57 Å². The quantitative estimate of drug-likeness (QED) is 0.173. The smallest absolute Gasteiger partial charge is 0.171 e. The highest BCUT2D eigenvalue weighted by Gasteiger charge is 2.38. The molecule has 50 heavy (non-hydrogen) atoms. The average Bonchev–Trinajstić information content (AvgIpc) is 3.05. The SMILES string of the molecule is CC(C)(C)c1cc(C(C)(C)C)cc(P(=O)(c2cc(C(C)(C)C)cc(C(C)(C)C)c2)c2ccc3ccccc3c2C2=CCCc3ccccc32)c1. The van der Waals surface area contributed by atoms with E-state index >= 15 is 4.57 Å². The van der Waals surface area contributed by atoms with E-state index in [1.54, 1.807) is 0 Å². The summed E-state index contributed by atoms with van der Waals surface area (Å²) in [5.41, 5.74) is 9.28. The Morgan fingerprint density at radius 1 is 0.520 bits per heavy atom. The zero-order valence-corrected chi connectivity index (χ0v) is 33.5. The van der Waals surface area contributed by atoms with Gasteiger partial charge in [-0.3, -0.25) is 0 Å². The standard InChI is InChI=1S/C48H57OP/c1-45(2,3)34-26-35(46(4,5)6)29-38(28-34)50(49,39-30-36(47(7,8)9)27-37(31-39)48(10,11)12)43-25-24-33-19-14-16-22-41(33)44(43)42-23-17-20-32-18-13-15-21-40(32)42/h13-16,18-19,21-31H,17,20H2,1-12H3. The van der Waals surface area contributed by atoms with Crippen LogP contribution in [0.4, 0.5) is 0 Å². The molecule has 0 N–H and O–H groups in total. The van der Waals surface area contributed by atoms with Crippen molar-refractivity contribution in [2.45, 2.75) is 118 Å². The molecular weight excluding hydrogens is 624 g/mol. The fourth-order valence-corrected chi connectivity index (χ4v) is 10.2. The normalized spacial score (nSPS) is 14.4. The summed E-state index contributed by atoms with van der Waals surface area (Å²) in [5.74, 6) is 0. The van der Waals surface area contributed by atoms with E-state index in [2.05, 4.69) is 186 Å². The van der Waals surface area contributed by atoms with Crippen LogP contribution in [0.2, 0.25) is 0 Å². The van der Waals surface area contributed by atoms with E-state index in [1.807, 2.05) is 0 Å². The van der Waals surface area contributed by atoms with Crippen molar-refractivity contribution in [2.75, 3.05) is 0 Å². The van der Waals surface area contributed by atoms with E-state index in [0.29, 0.717) is 0 Å². The molecule has 5 aromatic rings. The van der Waals surface area contributed by atoms with Crippen LogP contribution in [0.15, 0.2) is 103 Å². The number of benzene rings is 5. The topological polar surface area (TPSA) is 17.1 Å². The molecule has 260 valence electrons. The van der Waals surface area contributed by atoms with Gasteiger partial charge >= 0.3 is 0 Å². The lowest BCUT2D eigenvalue weighted by atomic mass is 9.81. The molecule has 0 heterocycles.